The minimum atomic E-state index is 0.301. The summed E-state index contributed by atoms with van der Waals surface area (Å²) >= 11 is 0. The number of hydrogen-bond acceptors (Lipinski definition) is 1. The van der Waals surface area contributed by atoms with Crippen LogP contribution in [0.4, 0.5) is 0 Å². The van der Waals surface area contributed by atoms with E-state index in [4.69, 9.17) is 0 Å². The molecule has 0 aromatic heterocycles. The summed E-state index contributed by atoms with van der Waals surface area (Å²) in [7, 11) is 0. The summed E-state index contributed by atoms with van der Waals surface area (Å²) in [5.41, 5.74) is 8.50. The molecule has 1 aliphatic carbocycles. The molecular weight excluding hydrogens is 350 g/mol. The van der Waals surface area contributed by atoms with Gasteiger partial charge >= 0.3 is 0 Å². The Morgan fingerprint density at radius 1 is 0.690 bits per heavy atom. The van der Waals surface area contributed by atoms with Gasteiger partial charge in [0.15, 0.2) is 0 Å². The molecule has 0 heterocycles. The highest BCUT2D eigenvalue weighted by Crippen LogP contribution is 2.49. The summed E-state index contributed by atoms with van der Waals surface area (Å²) in [6.07, 6.45) is 2.44. The lowest BCUT2D eigenvalue weighted by atomic mass is 9.84. The summed E-state index contributed by atoms with van der Waals surface area (Å²) in [4.78, 5) is 0. The van der Waals surface area contributed by atoms with Crippen LogP contribution in [0.5, 0.6) is 0 Å². The zero-order valence-electron chi connectivity index (χ0n) is 17.0. The van der Waals surface area contributed by atoms with E-state index in [0.717, 1.165) is 13.1 Å². The maximum Gasteiger partial charge on any atom is 0.0355 e. The maximum absolute atomic E-state index is 3.71. The lowest BCUT2D eigenvalue weighted by Crippen LogP contribution is -2.17. The number of rotatable bonds is 6. The van der Waals surface area contributed by atoms with Crippen molar-refractivity contribution in [2.75, 3.05) is 6.54 Å². The Labute approximate surface area is 173 Å². The Kier molecular flexibility index (Phi) is 4.91. The predicted octanol–water partition coefficient (Wildman–Crippen LogP) is 6.89. The number of nitrogens with one attached hydrogen (secondary N) is 1. The van der Waals surface area contributed by atoms with E-state index >= 15 is 0 Å². The summed E-state index contributed by atoms with van der Waals surface area (Å²) in [6.45, 7) is 4.23. The number of fused-ring (bicyclic) bond motifs is 4. The van der Waals surface area contributed by atoms with E-state index in [0.29, 0.717) is 5.92 Å². The molecule has 4 aromatic carbocycles. The predicted molar refractivity (Wildman–Crippen MR) is 123 cm³/mol. The first-order valence-corrected chi connectivity index (χ1v) is 10.8. The molecule has 0 amide bonds. The van der Waals surface area contributed by atoms with Crippen LogP contribution >= 0.6 is 0 Å². The van der Waals surface area contributed by atoms with E-state index in [1.165, 1.54) is 57.0 Å². The van der Waals surface area contributed by atoms with Crippen LogP contribution in [0.25, 0.3) is 21.9 Å². The van der Waals surface area contributed by atoms with Crippen molar-refractivity contribution in [3.63, 3.8) is 0 Å². The van der Waals surface area contributed by atoms with E-state index in [1.807, 2.05) is 0 Å². The highest BCUT2D eigenvalue weighted by molar-refractivity contribution is 5.89. The molecule has 1 nitrogen and oxygen atoms in total. The fourth-order valence-electron chi connectivity index (χ4n) is 4.83. The van der Waals surface area contributed by atoms with Gasteiger partial charge in [0.2, 0.25) is 0 Å². The normalized spacial score (nSPS) is 12.9. The fraction of sp³-hybridized carbons (Fsp3) is 0.214. The van der Waals surface area contributed by atoms with Gasteiger partial charge in [0, 0.05) is 12.5 Å². The molecule has 0 fully saturated rings. The monoisotopic (exact) mass is 377 g/mol. The fourth-order valence-corrected chi connectivity index (χ4v) is 4.83. The smallest absolute Gasteiger partial charge is 0.0355 e. The molecular formula is C28H27N. The third kappa shape index (κ3) is 3.16. The molecule has 29 heavy (non-hydrogen) atoms. The Balaban J connectivity index is 1.69. The van der Waals surface area contributed by atoms with E-state index in [1.54, 1.807) is 0 Å². The van der Waals surface area contributed by atoms with Crippen LogP contribution in [0.3, 0.4) is 0 Å². The summed E-state index contributed by atoms with van der Waals surface area (Å²) in [6, 6.07) is 31.3. The van der Waals surface area contributed by atoms with Crippen molar-refractivity contribution in [3.05, 3.63) is 107 Å². The molecule has 1 heteroatoms. The summed E-state index contributed by atoms with van der Waals surface area (Å²) in [5, 5.41) is 6.40. The molecule has 0 unspecified atom stereocenters. The first kappa shape index (κ1) is 18.1. The van der Waals surface area contributed by atoms with Crippen LogP contribution in [0.15, 0.2) is 84.9 Å². The third-order valence-electron chi connectivity index (χ3n) is 6.23. The molecule has 144 valence electrons. The molecule has 5 rings (SSSR count). The molecule has 0 saturated heterocycles. The van der Waals surface area contributed by atoms with Gasteiger partial charge in [-0.25, -0.2) is 0 Å². The molecule has 0 bridgehead atoms. The second-order valence-corrected chi connectivity index (χ2v) is 7.99. The van der Waals surface area contributed by atoms with E-state index < -0.39 is 0 Å². The topological polar surface area (TPSA) is 12.0 Å². The molecule has 4 aromatic rings. The van der Waals surface area contributed by atoms with Gasteiger partial charge in [-0.05, 0) is 57.1 Å². The van der Waals surface area contributed by atoms with Crippen LogP contribution in [0, 0.1) is 0 Å². The van der Waals surface area contributed by atoms with Crippen LogP contribution in [-0.2, 0) is 6.54 Å². The Hall–Kier alpha value is -2.90. The Morgan fingerprint density at radius 2 is 1.34 bits per heavy atom. The van der Waals surface area contributed by atoms with Gasteiger partial charge in [0.05, 0.1) is 0 Å². The highest BCUT2D eigenvalue weighted by Gasteiger charge is 2.31. The molecule has 0 atom stereocenters. The minimum Gasteiger partial charge on any atom is -0.313 e. The number of hydrogen-bond donors (Lipinski definition) is 1. The lowest BCUT2D eigenvalue weighted by Gasteiger charge is -2.21. The average molecular weight is 378 g/mol. The van der Waals surface area contributed by atoms with Crippen molar-refractivity contribution in [2.24, 2.45) is 0 Å². The summed E-state index contributed by atoms with van der Waals surface area (Å²) in [5.74, 6) is 0.301. The number of unbranched alkanes of at least 4 members (excludes halogenated alkanes) is 1. The second-order valence-electron chi connectivity index (χ2n) is 7.99. The van der Waals surface area contributed by atoms with Crippen molar-refractivity contribution in [2.45, 2.75) is 32.2 Å². The standard InChI is InChI=1S/C28H27N/c1-2-3-18-29-19-27-21-11-5-4-10-20(21)16-17-26(27)28-24-14-8-6-12-22(24)23-13-7-9-15-25(23)28/h4-17,28-29H,2-3,18-19H2,1H3. The average Bonchev–Trinajstić information content (AvgIpc) is 3.11. The van der Waals surface area contributed by atoms with Crippen molar-refractivity contribution < 1.29 is 0 Å². The van der Waals surface area contributed by atoms with Gasteiger partial charge in [-0.3, -0.25) is 0 Å². The van der Waals surface area contributed by atoms with E-state index in [2.05, 4.69) is 97.2 Å². The first-order valence-electron chi connectivity index (χ1n) is 10.8. The van der Waals surface area contributed by atoms with Crippen LogP contribution in [-0.4, -0.2) is 6.54 Å². The minimum absolute atomic E-state index is 0.301. The molecule has 0 aliphatic heterocycles. The zero-order chi connectivity index (χ0) is 19.6. The number of benzene rings is 4. The Morgan fingerprint density at radius 3 is 2.07 bits per heavy atom. The van der Waals surface area contributed by atoms with Crippen LogP contribution < -0.4 is 5.32 Å². The van der Waals surface area contributed by atoms with Crippen molar-refractivity contribution in [3.8, 4) is 11.1 Å². The SMILES string of the molecule is CCCCNCc1c(C2c3ccccc3-c3ccccc32)ccc2ccccc12. The van der Waals surface area contributed by atoms with Gasteiger partial charge in [-0.2, -0.15) is 0 Å². The van der Waals surface area contributed by atoms with Gasteiger partial charge in [-0.1, -0.05) is 98.3 Å². The van der Waals surface area contributed by atoms with Gasteiger partial charge < -0.3 is 5.32 Å². The molecule has 0 saturated carbocycles. The zero-order valence-corrected chi connectivity index (χ0v) is 17.0. The van der Waals surface area contributed by atoms with Gasteiger partial charge in [-0.15, -0.1) is 0 Å². The largest absolute Gasteiger partial charge is 0.313 e. The quantitative estimate of drug-likeness (QED) is 0.318. The van der Waals surface area contributed by atoms with Crippen molar-refractivity contribution in [1.82, 2.24) is 5.32 Å². The van der Waals surface area contributed by atoms with Gasteiger partial charge in [0.1, 0.15) is 0 Å². The van der Waals surface area contributed by atoms with Crippen molar-refractivity contribution in [1.29, 1.82) is 0 Å². The van der Waals surface area contributed by atoms with Crippen LogP contribution in [0.2, 0.25) is 0 Å². The molecule has 0 spiro atoms. The molecule has 0 radical (unpaired) electrons. The third-order valence-corrected chi connectivity index (χ3v) is 6.23. The molecule has 1 N–H and O–H groups in total. The van der Waals surface area contributed by atoms with E-state index in [-0.39, 0.29) is 0 Å². The van der Waals surface area contributed by atoms with Crippen molar-refractivity contribution >= 4 is 10.8 Å². The summed E-state index contributed by atoms with van der Waals surface area (Å²) < 4.78 is 0. The molecule has 1 aliphatic rings. The van der Waals surface area contributed by atoms with Gasteiger partial charge in [0.25, 0.3) is 0 Å². The van der Waals surface area contributed by atoms with E-state index in [9.17, 15) is 0 Å². The highest BCUT2D eigenvalue weighted by atomic mass is 14.8. The second kappa shape index (κ2) is 7.85. The first-order chi connectivity index (χ1) is 14.4. The lowest BCUT2D eigenvalue weighted by molar-refractivity contribution is 0.640. The van der Waals surface area contributed by atoms with Crippen LogP contribution in [0.1, 0.15) is 47.9 Å². The maximum atomic E-state index is 3.71. The Bertz CT molecular complexity index is 1110.